The van der Waals surface area contributed by atoms with Crippen LogP contribution < -0.4 is 22.3 Å². The molecule has 10 nitrogen and oxygen atoms in total. The van der Waals surface area contributed by atoms with Gasteiger partial charge >= 0.3 is 0 Å². The average Bonchev–Trinajstić information content (AvgIpc) is 4.13. The molecule has 5 saturated carbocycles. The number of Topliss-reactive ketones (excluding diaryl/α,β-unsaturated/α-hetero) is 1. The van der Waals surface area contributed by atoms with E-state index in [1.165, 1.54) is 101 Å². The Hall–Kier alpha value is -2.34. The summed E-state index contributed by atoms with van der Waals surface area (Å²) in [5.74, 6) is 16.6. The SMILES string of the molecule is CC1=C2C[C@H]3[C@@H](CC[C@@H]4CC(=O)/C(=C/O)C[C@@]43C)[C@@H]2CC[C@]12O[C@@H]1C[C@H](C)CN[C@H]1[C@H]2C.CC1=C2C[C@H]3[C@@H](CC[C@@H]4Cc5[nH]ncc5C[C@@]43C)[C@@H]2CC[C@]12O[C@@H]1C[C@H](C)CN[C@H]1[C@H]2C.NN. The Morgan fingerprint density at radius 1 is 0.712 bits per heavy atom. The average molecular weight is 907 g/mol. The number of nitrogens with zero attached hydrogens (tertiary/aromatic N) is 1. The fraction of sp³-hybridized carbons (Fsp3) is 0.821. The van der Waals surface area contributed by atoms with E-state index in [1.807, 2.05) is 5.57 Å². The number of carbonyl (C=O) groups is 1. The van der Waals surface area contributed by atoms with Gasteiger partial charge in [-0.3, -0.25) is 21.6 Å². The summed E-state index contributed by atoms with van der Waals surface area (Å²) in [5, 5.41) is 25.1. The Bertz CT molecular complexity index is 2160. The molecular weight excluding hydrogens is 821 g/mol. The summed E-state index contributed by atoms with van der Waals surface area (Å²) in [4.78, 5) is 12.5. The molecule has 2 spiro atoms. The van der Waals surface area contributed by atoms with Crippen molar-refractivity contribution in [2.24, 2.45) is 93.5 Å². The van der Waals surface area contributed by atoms with Crippen LogP contribution in [0.3, 0.4) is 0 Å². The molecule has 0 unspecified atom stereocenters. The number of aromatic amines is 1. The molecule has 1 aromatic rings. The number of aromatic nitrogens is 2. The number of carbonyl (C=O) groups excluding carboxylic acids is 1. The highest BCUT2D eigenvalue weighted by atomic mass is 16.5. The van der Waals surface area contributed by atoms with Crippen LogP contribution in [-0.2, 0) is 27.1 Å². The summed E-state index contributed by atoms with van der Waals surface area (Å²) >= 11 is 0. The highest BCUT2D eigenvalue weighted by Gasteiger charge is 2.64. The molecule has 8 N–H and O–H groups in total. The lowest BCUT2D eigenvalue weighted by atomic mass is 9.51. The van der Waals surface area contributed by atoms with Crippen LogP contribution in [0.4, 0.5) is 0 Å². The van der Waals surface area contributed by atoms with Gasteiger partial charge in [0.05, 0.1) is 35.9 Å². The maximum atomic E-state index is 12.5. The number of fused-ring (bicyclic) bond motifs is 13. The van der Waals surface area contributed by atoms with Crippen molar-refractivity contribution in [1.82, 2.24) is 20.8 Å². The van der Waals surface area contributed by atoms with Gasteiger partial charge in [-0.05, 0) is 210 Å². The van der Waals surface area contributed by atoms with Gasteiger partial charge in [-0.15, -0.1) is 0 Å². The van der Waals surface area contributed by atoms with Crippen LogP contribution in [0.25, 0.3) is 0 Å². The molecule has 66 heavy (non-hydrogen) atoms. The second-order valence-corrected chi connectivity index (χ2v) is 25.5. The first-order chi connectivity index (χ1) is 31.7. The Labute approximate surface area is 396 Å². The molecule has 0 bridgehead atoms. The first kappa shape index (κ1) is 46.1. The lowest BCUT2D eigenvalue weighted by molar-refractivity contribution is -0.124. The minimum absolute atomic E-state index is 0.00365. The van der Waals surface area contributed by atoms with E-state index >= 15 is 0 Å². The largest absolute Gasteiger partial charge is 0.515 e. The number of ether oxygens (including phenoxy) is 2. The van der Waals surface area contributed by atoms with E-state index in [2.05, 4.69) is 94.1 Å². The summed E-state index contributed by atoms with van der Waals surface area (Å²) in [5.41, 5.74) is 10.8. The highest BCUT2D eigenvalue weighted by Crippen LogP contribution is 2.68. The Morgan fingerprint density at radius 3 is 1.73 bits per heavy atom. The van der Waals surface area contributed by atoms with E-state index in [-0.39, 0.29) is 22.4 Å². The van der Waals surface area contributed by atoms with Crippen LogP contribution >= 0.6 is 0 Å². The van der Waals surface area contributed by atoms with E-state index in [0.717, 1.165) is 61.3 Å². The second-order valence-electron chi connectivity index (χ2n) is 25.5. The number of hydrogen-bond acceptors (Lipinski definition) is 9. The van der Waals surface area contributed by atoms with Crippen LogP contribution in [0.15, 0.2) is 40.3 Å². The summed E-state index contributed by atoms with van der Waals surface area (Å²) in [6.45, 7) is 21.9. The van der Waals surface area contributed by atoms with Crippen molar-refractivity contribution in [1.29, 1.82) is 0 Å². The maximum absolute atomic E-state index is 12.5. The van der Waals surface area contributed by atoms with Crippen molar-refractivity contribution in [2.45, 2.75) is 194 Å². The van der Waals surface area contributed by atoms with Gasteiger partial charge < -0.3 is 25.2 Å². The zero-order valence-corrected chi connectivity index (χ0v) is 41.9. The number of nitrogens with two attached hydrogens (primary N) is 2. The lowest BCUT2D eigenvalue weighted by Gasteiger charge is -2.52. The first-order valence-corrected chi connectivity index (χ1v) is 27.1. The zero-order valence-electron chi connectivity index (χ0n) is 41.9. The molecular formula is C56H86N6O4. The fourth-order valence-corrected chi connectivity index (χ4v) is 19.5. The molecule has 0 amide bonds. The molecule has 20 atom stereocenters. The third-order valence-corrected chi connectivity index (χ3v) is 23.1. The van der Waals surface area contributed by atoms with E-state index in [9.17, 15) is 9.90 Å². The molecule has 8 aliphatic carbocycles. The third kappa shape index (κ3) is 6.58. The van der Waals surface area contributed by atoms with Crippen molar-refractivity contribution in [3.63, 3.8) is 0 Å². The van der Waals surface area contributed by atoms with Gasteiger partial charge in [-0.25, -0.2) is 0 Å². The molecule has 5 heterocycles. The van der Waals surface area contributed by atoms with Crippen molar-refractivity contribution < 1.29 is 19.4 Å². The molecule has 12 aliphatic rings. The Kier molecular flexibility index (Phi) is 11.6. The third-order valence-electron chi connectivity index (χ3n) is 23.1. The molecule has 9 fully saturated rings. The number of hydrogen-bond donors (Lipinski definition) is 6. The second kappa shape index (κ2) is 16.6. The molecule has 0 aromatic carbocycles. The minimum Gasteiger partial charge on any atom is -0.515 e. The Morgan fingerprint density at radius 2 is 1.21 bits per heavy atom. The number of H-pyrrole nitrogens is 1. The number of rotatable bonds is 0. The van der Waals surface area contributed by atoms with Crippen LogP contribution in [0, 0.1) is 81.8 Å². The van der Waals surface area contributed by atoms with Crippen molar-refractivity contribution in [2.75, 3.05) is 13.1 Å². The highest BCUT2D eigenvalue weighted by molar-refractivity contribution is 5.96. The topological polar surface area (TPSA) is 161 Å². The quantitative estimate of drug-likeness (QED) is 0.0491. The molecule has 4 saturated heterocycles. The minimum atomic E-state index is -0.0787. The predicted octanol–water partition coefficient (Wildman–Crippen LogP) is 9.22. The van der Waals surface area contributed by atoms with Gasteiger partial charge in [0.2, 0.25) is 0 Å². The number of hydrazine groups is 1. The summed E-state index contributed by atoms with van der Waals surface area (Å²) < 4.78 is 14.1. The lowest BCUT2D eigenvalue weighted by Crippen LogP contribution is -2.49. The standard InChI is InChI=1S/C28H41N3O.C28H41NO3.H4N2/c1-15-9-25-26(29-13-15)17(3)28(32-25)8-7-20-21-6-5-19-10-24-18(14-30-31-24)12-27(19,4)23(21)11-22(20)16(28)2;1-15-9-25-26(29-13-15)17(3)28(32-25)8-7-20-21-6-5-19-10-24(31)18(14-30)12-27(19,4)23(21)11-22(20)16(28)2;1-2/h14-15,17,19-21,23,25-26,29H,5-13H2,1-4H3,(H,30,31);14-15,17,19-21,23,25-26,29-30H,5-13H2,1-4H3;1-2H2/b;18-14+;/t2*15-,17+,19+,20-,21-,23-,25+,26-,27-,28-;/m00./s1. The summed E-state index contributed by atoms with van der Waals surface area (Å²) in [6.07, 6.45) is 23.1. The van der Waals surface area contributed by atoms with Gasteiger partial charge in [0.25, 0.3) is 0 Å². The number of allylic oxidation sites excluding steroid dienone is 3. The maximum Gasteiger partial charge on any atom is 0.162 e. The van der Waals surface area contributed by atoms with Crippen LogP contribution in [0.1, 0.15) is 157 Å². The fourth-order valence-electron chi connectivity index (χ4n) is 19.5. The van der Waals surface area contributed by atoms with Crippen LogP contribution in [-0.4, -0.2) is 69.7 Å². The van der Waals surface area contributed by atoms with Gasteiger partial charge in [-0.2, -0.15) is 5.10 Å². The number of piperidine rings is 2. The molecule has 0 radical (unpaired) electrons. The van der Waals surface area contributed by atoms with E-state index in [0.29, 0.717) is 77.2 Å². The van der Waals surface area contributed by atoms with Crippen LogP contribution in [0.2, 0.25) is 0 Å². The van der Waals surface area contributed by atoms with Crippen molar-refractivity contribution >= 4 is 5.78 Å². The normalized spacial score (nSPS) is 51.3. The van der Waals surface area contributed by atoms with Crippen molar-refractivity contribution in [3.05, 3.63) is 51.6 Å². The monoisotopic (exact) mass is 907 g/mol. The van der Waals surface area contributed by atoms with Gasteiger partial charge in [-0.1, -0.05) is 52.7 Å². The van der Waals surface area contributed by atoms with Gasteiger partial charge in [0.1, 0.15) is 0 Å². The molecule has 4 aliphatic heterocycles. The predicted molar refractivity (Wildman–Crippen MR) is 260 cm³/mol. The first-order valence-electron chi connectivity index (χ1n) is 27.1. The van der Waals surface area contributed by atoms with E-state index in [1.54, 1.807) is 16.7 Å². The van der Waals surface area contributed by atoms with Gasteiger partial charge in [0.15, 0.2) is 5.78 Å². The molecule has 10 heteroatoms. The zero-order chi connectivity index (χ0) is 46.2. The van der Waals surface area contributed by atoms with Gasteiger partial charge in [0, 0.05) is 41.6 Å². The Balaban J connectivity index is 0.000000141. The molecule has 364 valence electrons. The summed E-state index contributed by atoms with van der Waals surface area (Å²) in [6, 6.07) is 1.03. The van der Waals surface area contributed by atoms with E-state index in [4.69, 9.17) is 9.47 Å². The van der Waals surface area contributed by atoms with Crippen molar-refractivity contribution in [3.8, 4) is 0 Å². The number of nitrogens with one attached hydrogen (secondary N) is 3. The van der Waals surface area contributed by atoms with E-state index < -0.39 is 0 Å². The molecule has 1 aromatic heterocycles. The smallest absolute Gasteiger partial charge is 0.162 e. The van der Waals surface area contributed by atoms with Crippen LogP contribution in [0.5, 0.6) is 0 Å². The molecule has 13 rings (SSSR count). The summed E-state index contributed by atoms with van der Waals surface area (Å²) in [7, 11) is 0. The number of aliphatic hydroxyl groups excluding tert-OH is 1. The number of aliphatic hydroxyl groups is 1. The number of ketones is 1.